The highest BCUT2D eigenvalue weighted by Crippen LogP contribution is 2.14. The third kappa shape index (κ3) is 2.96. The van der Waals surface area contributed by atoms with Gasteiger partial charge in [-0.2, -0.15) is 5.26 Å². The van der Waals surface area contributed by atoms with Gasteiger partial charge < -0.3 is 15.4 Å². The summed E-state index contributed by atoms with van der Waals surface area (Å²) >= 11 is 0. The Kier molecular flexibility index (Phi) is 3.75. The largest absolute Gasteiger partial charge is 0.379 e. The number of hydrogen-bond donors (Lipinski definition) is 2. The molecule has 2 N–H and O–H groups in total. The number of amides is 2. The Hall–Kier alpha value is -2.13. The number of hydrogen-bond acceptors (Lipinski definition) is 3. The second-order valence-electron chi connectivity index (χ2n) is 3.97. The second-order valence-corrected chi connectivity index (χ2v) is 3.97. The number of nitrogens with one attached hydrogen (secondary N) is 2. The third-order valence-electron chi connectivity index (χ3n) is 2.61. The van der Waals surface area contributed by atoms with Crippen LogP contribution in [0.25, 0.3) is 0 Å². The number of carbonyl (C=O) groups is 1. The summed E-state index contributed by atoms with van der Waals surface area (Å²) < 4.78 is 18.2. The molecule has 1 saturated heterocycles. The number of urea groups is 1. The number of halogens is 1. The van der Waals surface area contributed by atoms with Crippen LogP contribution < -0.4 is 10.6 Å². The minimum atomic E-state index is -0.604. The van der Waals surface area contributed by atoms with E-state index < -0.39 is 5.82 Å². The maximum Gasteiger partial charge on any atom is 0.319 e. The van der Waals surface area contributed by atoms with Gasteiger partial charge in [0.1, 0.15) is 11.9 Å². The molecule has 0 saturated carbocycles. The number of ether oxygens (including phenoxy) is 1. The molecule has 0 bridgehead atoms. The normalized spacial score (nSPS) is 18.1. The van der Waals surface area contributed by atoms with Gasteiger partial charge in [0, 0.05) is 12.3 Å². The maximum atomic E-state index is 13.1. The highest BCUT2D eigenvalue weighted by Gasteiger charge is 2.17. The van der Waals surface area contributed by atoms with E-state index in [4.69, 9.17) is 10.00 Å². The summed E-state index contributed by atoms with van der Waals surface area (Å²) in [5.41, 5.74) is 0.279. The average molecular weight is 249 g/mol. The van der Waals surface area contributed by atoms with E-state index in [1.807, 2.05) is 0 Å². The first-order valence-corrected chi connectivity index (χ1v) is 5.54. The molecule has 2 amide bonds. The van der Waals surface area contributed by atoms with Gasteiger partial charge in [0.05, 0.1) is 18.2 Å². The van der Waals surface area contributed by atoms with E-state index in [0.29, 0.717) is 18.9 Å². The van der Waals surface area contributed by atoms with Crippen molar-refractivity contribution >= 4 is 11.7 Å². The molecule has 1 aliphatic heterocycles. The van der Waals surface area contributed by atoms with Crippen LogP contribution in [-0.2, 0) is 4.74 Å². The highest BCUT2D eigenvalue weighted by molar-refractivity contribution is 5.89. The summed E-state index contributed by atoms with van der Waals surface area (Å²) in [7, 11) is 0. The summed E-state index contributed by atoms with van der Waals surface area (Å²) in [5, 5.41) is 13.9. The van der Waals surface area contributed by atoms with Crippen LogP contribution in [0.5, 0.6) is 0 Å². The van der Waals surface area contributed by atoms with Crippen molar-refractivity contribution in [3.63, 3.8) is 0 Å². The maximum absolute atomic E-state index is 13.1. The van der Waals surface area contributed by atoms with Crippen LogP contribution in [0.15, 0.2) is 18.2 Å². The van der Waals surface area contributed by atoms with E-state index in [-0.39, 0.29) is 17.6 Å². The second kappa shape index (κ2) is 5.47. The van der Waals surface area contributed by atoms with Crippen LogP contribution in [0.1, 0.15) is 12.0 Å². The molecule has 94 valence electrons. The third-order valence-corrected chi connectivity index (χ3v) is 2.61. The van der Waals surface area contributed by atoms with Crippen molar-refractivity contribution in [3.05, 3.63) is 29.6 Å². The van der Waals surface area contributed by atoms with Crippen molar-refractivity contribution < 1.29 is 13.9 Å². The molecular weight excluding hydrogens is 237 g/mol. The number of rotatable bonds is 2. The standard InChI is InChI=1S/C12H12FN3O2/c13-11-2-1-9(5-8(11)6-14)15-12(17)16-10-3-4-18-7-10/h1-2,5,10H,3-4,7H2,(H2,15,16,17). The summed E-state index contributed by atoms with van der Waals surface area (Å²) in [5.74, 6) is -0.604. The number of anilines is 1. The first-order valence-electron chi connectivity index (χ1n) is 5.54. The molecule has 1 aliphatic rings. The van der Waals surface area contributed by atoms with Crippen molar-refractivity contribution in [3.8, 4) is 6.07 Å². The Morgan fingerprint density at radius 3 is 3.06 bits per heavy atom. The molecule has 2 rings (SSSR count). The molecular formula is C12H12FN3O2. The van der Waals surface area contributed by atoms with E-state index in [1.54, 1.807) is 6.07 Å². The molecule has 1 unspecified atom stereocenters. The topological polar surface area (TPSA) is 74.2 Å². The summed E-state index contributed by atoms with van der Waals surface area (Å²) in [6, 6.07) is 5.17. The minimum Gasteiger partial charge on any atom is -0.379 e. The van der Waals surface area contributed by atoms with E-state index in [1.165, 1.54) is 12.1 Å². The lowest BCUT2D eigenvalue weighted by atomic mass is 10.2. The summed E-state index contributed by atoms with van der Waals surface area (Å²) in [6.45, 7) is 1.14. The average Bonchev–Trinajstić information content (AvgIpc) is 2.84. The molecule has 1 fully saturated rings. The number of nitriles is 1. The zero-order chi connectivity index (χ0) is 13.0. The van der Waals surface area contributed by atoms with Gasteiger partial charge in [-0.3, -0.25) is 0 Å². The quantitative estimate of drug-likeness (QED) is 0.836. The van der Waals surface area contributed by atoms with Crippen LogP contribution in [-0.4, -0.2) is 25.3 Å². The van der Waals surface area contributed by atoms with Gasteiger partial charge in [0.15, 0.2) is 0 Å². The molecule has 6 heteroatoms. The van der Waals surface area contributed by atoms with E-state index in [2.05, 4.69) is 10.6 Å². The van der Waals surface area contributed by atoms with Gasteiger partial charge in [-0.25, -0.2) is 9.18 Å². The van der Waals surface area contributed by atoms with Gasteiger partial charge >= 0.3 is 6.03 Å². The summed E-state index contributed by atoms with van der Waals surface area (Å²) in [6.07, 6.45) is 0.778. The Morgan fingerprint density at radius 2 is 2.39 bits per heavy atom. The Labute approximate surface area is 104 Å². The zero-order valence-electron chi connectivity index (χ0n) is 9.57. The fourth-order valence-electron chi connectivity index (χ4n) is 1.69. The van der Waals surface area contributed by atoms with Gasteiger partial charge in [-0.1, -0.05) is 0 Å². The van der Waals surface area contributed by atoms with Crippen molar-refractivity contribution in [2.24, 2.45) is 0 Å². The molecule has 1 atom stereocenters. The monoisotopic (exact) mass is 249 g/mol. The first kappa shape index (κ1) is 12.3. The smallest absolute Gasteiger partial charge is 0.319 e. The molecule has 1 aromatic rings. The molecule has 0 aliphatic carbocycles. The fraction of sp³-hybridized carbons (Fsp3) is 0.333. The van der Waals surface area contributed by atoms with Crippen LogP contribution in [0.4, 0.5) is 14.9 Å². The lowest BCUT2D eigenvalue weighted by molar-refractivity contribution is 0.189. The van der Waals surface area contributed by atoms with Crippen LogP contribution in [0.3, 0.4) is 0 Å². The lowest BCUT2D eigenvalue weighted by Gasteiger charge is -2.12. The minimum absolute atomic E-state index is 0.000820. The van der Waals surface area contributed by atoms with Gasteiger partial charge in [0.2, 0.25) is 0 Å². The number of carbonyl (C=O) groups excluding carboxylic acids is 1. The van der Waals surface area contributed by atoms with Crippen LogP contribution in [0.2, 0.25) is 0 Å². The van der Waals surface area contributed by atoms with Crippen molar-refractivity contribution in [1.82, 2.24) is 5.32 Å². The predicted octanol–water partition coefficient (Wildman–Crippen LogP) is 1.61. The Morgan fingerprint density at radius 1 is 1.56 bits per heavy atom. The molecule has 5 nitrogen and oxygen atoms in total. The molecule has 1 aromatic carbocycles. The van der Waals surface area contributed by atoms with Crippen molar-refractivity contribution in [2.75, 3.05) is 18.5 Å². The molecule has 18 heavy (non-hydrogen) atoms. The van der Waals surface area contributed by atoms with Gasteiger partial charge in [-0.15, -0.1) is 0 Å². The number of benzene rings is 1. The first-order chi connectivity index (χ1) is 8.69. The van der Waals surface area contributed by atoms with Gasteiger partial charge in [-0.05, 0) is 24.6 Å². The van der Waals surface area contributed by atoms with Crippen molar-refractivity contribution in [1.29, 1.82) is 5.26 Å². The number of nitrogens with zero attached hydrogens (tertiary/aromatic N) is 1. The lowest BCUT2D eigenvalue weighted by Crippen LogP contribution is -2.38. The Bertz CT molecular complexity index is 493. The highest BCUT2D eigenvalue weighted by atomic mass is 19.1. The summed E-state index contributed by atoms with van der Waals surface area (Å²) in [4.78, 5) is 11.6. The predicted molar refractivity (Wildman–Crippen MR) is 62.5 cm³/mol. The van der Waals surface area contributed by atoms with Crippen molar-refractivity contribution in [2.45, 2.75) is 12.5 Å². The van der Waals surface area contributed by atoms with Crippen LogP contribution >= 0.6 is 0 Å². The fourth-order valence-corrected chi connectivity index (χ4v) is 1.69. The van der Waals surface area contributed by atoms with E-state index in [0.717, 1.165) is 12.5 Å². The zero-order valence-corrected chi connectivity index (χ0v) is 9.57. The van der Waals surface area contributed by atoms with E-state index >= 15 is 0 Å². The van der Waals surface area contributed by atoms with Gasteiger partial charge in [0.25, 0.3) is 0 Å². The molecule has 1 heterocycles. The van der Waals surface area contributed by atoms with Crippen LogP contribution in [0, 0.1) is 17.1 Å². The SMILES string of the molecule is N#Cc1cc(NC(=O)NC2CCOC2)ccc1F. The molecule has 0 radical (unpaired) electrons. The Balaban J connectivity index is 1.96. The molecule has 0 aromatic heterocycles. The molecule has 0 spiro atoms. The van der Waals surface area contributed by atoms with E-state index in [9.17, 15) is 9.18 Å².